The number of hydrogen-bond donors (Lipinski definition) is 2. The number of carbonyl (C=O) groups is 2. The summed E-state index contributed by atoms with van der Waals surface area (Å²) in [5, 5.41) is 12.0. The smallest absolute Gasteiger partial charge is 0.335 e. The second-order valence-electron chi connectivity index (χ2n) is 5.90. The second kappa shape index (κ2) is 7.46. The van der Waals surface area contributed by atoms with Gasteiger partial charge >= 0.3 is 5.97 Å². The number of carboxylic acid groups (broad SMARTS) is 1. The highest BCUT2D eigenvalue weighted by Gasteiger charge is 2.43. The van der Waals surface area contributed by atoms with Crippen molar-refractivity contribution < 1.29 is 24.2 Å². The molecule has 1 fully saturated rings. The summed E-state index contributed by atoms with van der Waals surface area (Å²) in [4.78, 5) is 23.3. The quantitative estimate of drug-likeness (QED) is 0.763. The minimum Gasteiger partial charge on any atom is -0.496 e. The van der Waals surface area contributed by atoms with E-state index in [1.54, 1.807) is 19.2 Å². The van der Waals surface area contributed by atoms with Gasteiger partial charge < -0.3 is 19.9 Å². The van der Waals surface area contributed by atoms with Crippen LogP contribution in [0.15, 0.2) is 18.2 Å². The number of ether oxygens (including phenoxy) is 2. The van der Waals surface area contributed by atoms with Gasteiger partial charge in [-0.2, -0.15) is 0 Å². The zero-order chi connectivity index (χ0) is 16.9. The Morgan fingerprint density at radius 3 is 2.57 bits per heavy atom. The van der Waals surface area contributed by atoms with E-state index in [0.29, 0.717) is 25.3 Å². The van der Waals surface area contributed by atoms with Gasteiger partial charge in [0.05, 0.1) is 24.7 Å². The molecule has 0 saturated heterocycles. The Kier molecular flexibility index (Phi) is 5.60. The molecule has 0 spiro atoms. The fourth-order valence-electron chi connectivity index (χ4n) is 2.90. The monoisotopic (exact) mass is 321 g/mol. The Bertz CT molecular complexity index is 580. The Labute approximate surface area is 135 Å². The number of amides is 1. The van der Waals surface area contributed by atoms with Crippen molar-refractivity contribution in [1.82, 2.24) is 5.32 Å². The van der Waals surface area contributed by atoms with Gasteiger partial charge in [-0.25, -0.2) is 4.79 Å². The van der Waals surface area contributed by atoms with Crippen molar-refractivity contribution in [1.29, 1.82) is 0 Å². The highest BCUT2D eigenvalue weighted by Crippen LogP contribution is 2.41. The molecule has 2 rings (SSSR count). The summed E-state index contributed by atoms with van der Waals surface area (Å²) in [5.41, 5.74) is 0.682. The largest absolute Gasteiger partial charge is 0.496 e. The predicted octanol–water partition coefficient (Wildman–Crippen LogP) is 1.87. The molecule has 6 heteroatoms. The highest BCUT2D eigenvalue weighted by molar-refractivity contribution is 5.88. The van der Waals surface area contributed by atoms with Crippen LogP contribution in [0.2, 0.25) is 0 Å². The predicted molar refractivity (Wildman–Crippen MR) is 84.8 cm³/mol. The molecule has 0 bridgehead atoms. The molecule has 0 unspecified atom stereocenters. The lowest BCUT2D eigenvalue weighted by Crippen LogP contribution is -2.49. The first-order valence-corrected chi connectivity index (χ1v) is 7.70. The first-order chi connectivity index (χ1) is 11.0. The van der Waals surface area contributed by atoms with Crippen LogP contribution < -0.4 is 10.1 Å². The van der Waals surface area contributed by atoms with Gasteiger partial charge in [-0.05, 0) is 37.0 Å². The van der Waals surface area contributed by atoms with Crippen molar-refractivity contribution in [2.75, 3.05) is 27.4 Å². The van der Waals surface area contributed by atoms with Gasteiger partial charge in [0.15, 0.2) is 0 Å². The van der Waals surface area contributed by atoms with Crippen molar-refractivity contribution in [3.8, 4) is 5.75 Å². The molecule has 0 atom stereocenters. The zero-order valence-electron chi connectivity index (χ0n) is 13.6. The third-order valence-corrected chi connectivity index (χ3v) is 4.43. The number of hydrogen-bond acceptors (Lipinski definition) is 4. The molecular formula is C17H23NO5. The molecule has 1 saturated carbocycles. The number of carbonyl (C=O) groups excluding carboxylic acids is 1. The highest BCUT2D eigenvalue weighted by atomic mass is 16.5. The molecule has 1 amide bonds. The Balaban J connectivity index is 1.93. The van der Waals surface area contributed by atoms with E-state index in [1.807, 2.05) is 0 Å². The average molecular weight is 321 g/mol. The summed E-state index contributed by atoms with van der Waals surface area (Å²) in [6.07, 6.45) is 3.37. The van der Waals surface area contributed by atoms with Gasteiger partial charge in [0.25, 0.3) is 0 Å². The van der Waals surface area contributed by atoms with E-state index >= 15 is 0 Å². The molecule has 6 nitrogen and oxygen atoms in total. The first kappa shape index (κ1) is 17.3. The van der Waals surface area contributed by atoms with Crippen LogP contribution in [0, 0.1) is 5.41 Å². The SMILES string of the molecule is COCC1(C(=O)NCCc2ccc(C(=O)O)cc2OC)CCC1. The summed E-state index contributed by atoms with van der Waals surface area (Å²) >= 11 is 0. The molecule has 1 aromatic carbocycles. The summed E-state index contributed by atoms with van der Waals surface area (Å²) in [5.74, 6) is -0.434. The maximum atomic E-state index is 12.3. The summed E-state index contributed by atoms with van der Waals surface area (Å²) in [7, 11) is 3.12. The maximum Gasteiger partial charge on any atom is 0.335 e. The second-order valence-corrected chi connectivity index (χ2v) is 5.90. The molecule has 126 valence electrons. The third kappa shape index (κ3) is 3.82. The lowest BCUT2D eigenvalue weighted by Gasteiger charge is -2.39. The normalized spacial score (nSPS) is 15.6. The molecule has 0 aromatic heterocycles. The lowest BCUT2D eigenvalue weighted by atomic mass is 9.68. The number of rotatable bonds is 8. The van der Waals surface area contributed by atoms with Crippen LogP contribution in [0.5, 0.6) is 5.75 Å². The van der Waals surface area contributed by atoms with Gasteiger partial charge in [-0.15, -0.1) is 0 Å². The number of benzene rings is 1. The van der Waals surface area contributed by atoms with Crippen LogP contribution >= 0.6 is 0 Å². The zero-order valence-corrected chi connectivity index (χ0v) is 13.6. The molecule has 0 radical (unpaired) electrons. The van der Waals surface area contributed by atoms with Gasteiger partial charge in [-0.3, -0.25) is 4.79 Å². The van der Waals surface area contributed by atoms with Crippen LogP contribution in [0.25, 0.3) is 0 Å². The summed E-state index contributed by atoms with van der Waals surface area (Å²) in [6, 6.07) is 4.76. The first-order valence-electron chi connectivity index (χ1n) is 7.70. The van der Waals surface area contributed by atoms with Gasteiger partial charge in [0, 0.05) is 13.7 Å². The molecular weight excluding hydrogens is 298 g/mol. The Morgan fingerprint density at radius 2 is 2.04 bits per heavy atom. The van der Waals surface area contributed by atoms with E-state index in [-0.39, 0.29) is 16.9 Å². The van der Waals surface area contributed by atoms with Crippen molar-refractivity contribution >= 4 is 11.9 Å². The van der Waals surface area contributed by atoms with Crippen LogP contribution in [0.1, 0.15) is 35.2 Å². The van der Waals surface area contributed by atoms with Gasteiger partial charge in [0.1, 0.15) is 5.75 Å². The number of aromatic carboxylic acids is 1. The fraction of sp³-hybridized carbons (Fsp3) is 0.529. The topological polar surface area (TPSA) is 84.9 Å². The third-order valence-electron chi connectivity index (χ3n) is 4.43. The molecule has 0 aliphatic heterocycles. The number of methoxy groups -OCH3 is 2. The minimum atomic E-state index is -0.991. The standard InChI is InChI=1S/C17H23NO5/c1-22-11-17(7-3-8-17)16(21)18-9-6-12-4-5-13(15(19)20)10-14(12)23-2/h4-5,10H,3,6-9,11H2,1-2H3,(H,18,21)(H,19,20). The lowest BCUT2D eigenvalue weighted by molar-refractivity contribution is -0.140. The van der Waals surface area contributed by atoms with E-state index in [2.05, 4.69) is 5.32 Å². The molecule has 1 aromatic rings. The summed E-state index contributed by atoms with van der Waals surface area (Å²) in [6.45, 7) is 0.933. The van der Waals surface area contributed by atoms with Gasteiger partial charge in [-0.1, -0.05) is 12.5 Å². The van der Waals surface area contributed by atoms with Crippen LogP contribution in [0.3, 0.4) is 0 Å². The minimum absolute atomic E-state index is 0.0340. The van der Waals surface area contributed by atoms with Crippen LogP contribution in [-0.2, 0) is 16.0 Å². The molecule has 1 aliphatic carbocycles. The van der Waals surface area contributed by atoms with Gasteiger partial charge in [0.2, 0.25) is 5.91 Å². The van der Waals surface area contributed by atoms with Crippen LogP contribution in [0.4, 0.5) is 0 Å². The van der Waals surface area contributed by atoms with Crippen LogP contribution in [-0.4, -0.2) is 44.4 Å². The van der Waals surface area contributed by atoms with E-state index < -0.39 is 5.97 Å². The van der Waals surface area contributed by atoms with Crippen molar-refractivity contribution in [3.05, 3.63) is 29.3 Å². The maximum absolute atomic E-state index is 12.3. The van der Waals surface area contributed by atoms with Crippen molar-refractivity contribution in [2.24, 2.45) is 5.41 Å². The average Bonchev–Trinajstić information content (AvgIpc) is 2.50. The number of nitrogens with one attached hydrogen (secondary N) is 1. The molecule has 1 aliphatic rings. The molecule has 0 heterocycles. The van der Waals surface area contributed by atoms with Crippen molar-refractivity contribution in [3.63, 3.8) is 0 Å². The van der Waals surface area contributed by atoms with Crippen molar-refractivity contribution in [2.45, 2.75) is 25.7 Å². The fourth-order valence-corrected chi connectivity index (χ4v) is 2.90. The van der Waals surface area contributed by atoms with E-state index in [1.165, 1.54) is 13.2 Å². The van der Waals surface area contributed by atoms with E-state index in [9.17, 15) is 9.59 Å². The number of carboxylic acids is 1. The van der Waals surface area contributed by atoms with E-state index in [0.717, 1.165) is 24.8 Å². The molecule has 2 N–H and O–H groups in total. The molecule has 23 heavy (non-hydrogen) atoms. The van der Waals surface area contributed by atoms with E-state index in [4.69, 9.17) is 14.6 Å². The Hall–Kier alpha value is -2.08. The Morgan fingerprint density at radius 1 is 1.30 bits per heavy atom. The summed E-state index contributed by atoms with van der Waals surface area (Å²) < 4.78 is 10.4.